The van der Waals surface area contributed by atoms with Crippen LogP contribution in [-0.4, -0.2) is 11.5 Å². The molecule has 0 atom stereocenters. The van der Waals surface area contributed by atoms with Crippen LogP contribution in [0.5, 0.6) is 0 Å². The molecule has 1 aromatic heterocycles. The van der Waals surface area contributed by atoms with Crippen LogP contribution in [0.3, 0.4) is 0 Å². The fourth-order valence-electron chi connectivity index (χ4n) is 2.37. The smallest absolute Gasteiger partial charge is 0.0741 e. The lowest BCUT2D eigenvalue weighted by Crippen LogP contribution is -2.02. The second kappa shape index (κ2) is 5.01. The van der Waals surface area contributed by atoms with E-state index in [1.165, 1.54) is 29.6 Å². The van der Waals surface area contributed by atoms with Gasteiger partial charge in [0.25, 0.3) is 0 Å². The summed E-state index contributed by atoms with van der Waals surface area (Å²) in [6.45, 7) is 5.21. The number of hydrogen-bond acceptors (Lipinski definition) is 2. The molecule has 1 heterocycles. The van der Waals surface area contributed by atoms with Gasteiger partial charge in [-0.05, 0) is 49.9 Å². The average Bonchev–Trinajstić information content (AvgIpc) is 3.22. The van der Waals surface area contributed by atoms with E-state index in [0.29, 0.717) is 5.92 Å². The summed E-state index contributed by atoms with van der Waals surface area (Å²) in [5.41, 5.74) is 4.54. The van der Waals surface area contributed by atoms with Crippen molar-refractivity contribution in [3.05, 3.63) is 34.5 Å². The number of hydrogen-bond donors (Lipinski definition) is 1. The second-order valence-corrected chi connectivity index (χ2v) is 5.82. The topological polar surface area (TPSA) is 24.9 Å². The molecule has 1 fully saturated rings. The number of halogens is 1. The largest absolute Gasteiger partial charge is 0.384 e. The molecule has 2 aromatic rings. The van der Waals surface area contributed by atoms with Crippen LogP contribution < -0.4 is 5.32 Å². The maximum atomic E-state index is 6.23. The molecule has 1 aliphatic carbocycles. The molecule has 1 saturated carbocycles. The summed E-state index contributed by atoms with van der Waals surface area (Å²) >= 11 is 6.23. The van der Waals surface area contributed by atoms with Crippen LogP contribution >= 0.6 is 11.6 Å². The van der Waals surface area contributed by atoms with Gasteiger partial charge in [-0.15, -0.1) is 0 Å². The van der Waals surface area contributed by atoms with Crippen LogP contribution in [0.4, 0.5) is 5.69 Å². The summed E-state index contributed by atoms with van der Waals surface area (Å²) in [5.74, 6) is 0.659. The Kier molecular flexibility index (Phi) is 3.36. The molecule has 0 radical (unpaired) electrons. The highest BCUT2D eigenvalue weighted by atomic mass is 35.5. The van der Waals surface area contributed by atoms with E-state index < -0.39 is 0 Å². The fourth-order valence-corrected chi connectivity index (χ4v) is 2.53. The lowest BCUT2D eigenvalue weighted by atomic mass is 10.1. The van der Waals surface area contributed by atoms with E-state index >= 15 is 0 Å². The Morgan fingerprint density at radius 2 is 2.11 bits per heavy atom. The Bertz CT molecular complexity index is 618. The summed E-state index contributed by atoms with van der Waals surface area (Å²) in [6, 6.07) is 6.36. The van der Waals surface area contributed by atoms with Crippen molar-refractivity contribution < 1.29 is 0 Å². The van der Waals surface area contributed by atoms with Gasteiger partial charge in [0.2, 0.25) is 0 Å². The van der Waals surface area contributed by atoms with Gasteiger partial charge in [0.15, 0.2) is 0 Å². The highest BCUT2D eigenvalue weighted by Crippen LogP contribution is 2.41. The van der Waals surface area contributed by atoms with Crippen LogP contribution in [0, 0.1) is 6.92 Å². The number of nitrogens with one attached hydrogen (secondary N) is 1. The normalized spacial score (nSPS) is 14.9. The predicted octanol–water partition coefficient (Wildman–Crippen LogP) is 4.90. The van der Waals surface area contributed by atoms with Crippen molar-refractivity contribution in [3.8, 4) is 0 Å². The molecule has 0 unspecified atom stereocenters. The number of anilines is 1. The van der Waals surface area contributed by atoms with E-state index in [1.807, 2.05) is 13.0 Å². The first kappa shape index (κ1) is 12.7. The Balaban J connectivity index is 2.14. The number of rotatable bonds is 4. The Hall–Kier alpha value is -1.28. The predicted molar refractivity (Wildman–Crippen MR) is 82.2 cm³/mol. The summed E-state index contributed by atoms with van der Waals surface area (Å²) in [7, 11) is 0. The van der Waals surface area contributed by atoms with Crippen molar-refractivity contribution in [1.29, 1.82) is 0 Å². The maximum absolute atomic E-state index is 6.23. The summed E-state index contributed by atoms with van der Waals surface area (Å²) in [4.78, 5) is 4.78. The SMILES string of the molecule is CCCNc1cc(C2CC2)nc2cc(Cl)c(C)cc12. The van der Waals surface area contributed by atoms with E-state index in [0.717, 1.165) is 29.1 Å². The molecule has 1 N–H and O–H groups in total. The molecule has 0 spiro atoms. The van der Waals surface area contributed by atoms with Crippen LogP contribution in [-0.2, 0) is 0 Å². The number of nitrogens with zero attached hydrogens (tertiary/aromatic N) is 1. The standard InChI is InChI=1S/C16H19ClN2/c1-3-6-18-15-9-14(11-4-5-11)19-16-8-13(17)10(2)7-12(15)16/h7-9,11H,3-6H2,1-2H3,(H,18,19). The second-order valence-electron chi connectivity index (χ2n) is 5.41. The number of fused-ring (bicyclic) bond motifs is 1. The van der Waals surface area contributed by atoms with Gasteiger partial charge < -0.3 is 5.32 Å². The van der Waals surface area contributed by atoms with Crippen LogP contribution in [0.15, 0.2) is 18.2 Å². The third-order valence-corrected chi connectivity index (χ3v) is 4.08. The van der Waals surface area contributed by atoms with Gasteiger partial charge in [0.05, 0.1) is 5.52 Å². The van der Waals surface area contributed by atoms with Crippen molar-refractivity contribution in [1.82, 2.24) is 4.98 Å². The van der Waals surface area contributed by atoms with Gasteiger partial charge in [-0.2, -0.15) is 0 Å². The number of benzene rings is 1. The lowest BCUT2D eigenvalue weighted by Gasteiger charge is -2.12. The van der Waals surface area contributed by atoms with Crippen LogP contribution in [0.1, 0.15) is 43.4 Å². The zero-order chi connectivity index (χ0) is 13.4. The highest BCUT2D eigenvalue weighted by Gasteiger charge is 2.26. The molecule has 3 heteroatoms. The van der Waals surface area contributed by atoms with Gasteiger partial charge in [-0.1, -0.05) is 18.5 Å². The zero-order valence-corrected chi connectivity index (χ0v) is 12.2. The molecule has 3 rings (SSSR count). The van der Waals surface area contributed by atoms with E-state index in [9.17, 15) is 0 Å². The monoisotopic (exact) mass is 274 g/mol. The van der Waals surface area contributed by atoms with Crippen molar-refractivity contribution in [2.24, 2.45) is 0 Å². The number of aryl methyl sites for hydroxylation is 1. The molecule has 1 aliphatic rings. The van der Waals surface area contributed by atoms with Crippen molar-refractivity contribution in [2.75, 3.05) is 11.9 Å². The maximum Gasteiger partial charge on any atom is 0.0741 e. The zero-order valence-electron chi connectivity index (χ0n) is 11.5. The minimum absolute atomic E-state index is 0.659. The molecule has 1 aromatic carbocycles. The highest BCUT2D eigenvalue weighted by molar-refractivity contribution is 6.32. The molecular formula is C16H19ClN2. The Morgan fingerprint density at radius 1 is 1.32 bits per heavy atom. The first-order chi connectivity index (χ1) is 9.19. The summed E-state index contributed by atoms with van der Waals surface area (Å²) in [6.07, 6.45) is 3.66. The lowest BCUT2D eigenvalue weighted by molar-refractivity contribution is 0.976. The van der Waals surface area contributed by atoms with E-state index in [1.54, 1.807) is 0 Å². The van der Waals surface area contributed by atoms with Gasteiger partial charge in [0.1, 0.15) is 0 Å². The van der Waals surface area contributed by atoms with Gasteiger partial charge in [0, 0.05) is 34.3 Å². The van der Waals surface area contributed by atoms with E-state index in [-0.39, 0.29) is 0 Å². The number of aromatic nitrogens is 1. The fraction of sp³-hybridized carbons (Fsp3) is 0.438. The summed E-state index contributed by atoms with van der Waals surface area (Å²) < 4.78 is 0. The quantitative estimate of drug-likeness (QED) is 0.858. The van der Waals surface area contributed by atoms with E-state index in [2.05, 4.69) is 24.4 Å². The number of pyridine rings is 1. The third kappa shape index (κ3) is 2.55. The van der Waals surface area contributed by atoms with Gasteiger partial charge in [-0.3, -0.25) is 4.98 Å². The van der Waals surface area contributed by atoms with Gasteiger partial charge in [-0.25, -0.2) is 0 Å². The molecule has 2 nitrogen and oxygen atoms in total. The first-order valence-corrected chi connectivity index (χ1v) is 7.41. The molecule has 0 bridgehead atoms. The minimum atomic E-state index is 0.659. The van der Waals surface area contributed by atoms with Crippen LogP contribution in [0.2, 0.25) is 5.02 Å². The Morgan fingerprint density at radius 3 is 2.79 bits per heavy atom. The minimum Gasteiger partial charge on any atom is -0.384 e. The van der Waals surface area contributed by atoms with E-state index in [4.69, 9.17) is 16.6 Å². The Labute approximate surface area is 119 Å². The summed E-state index contributed by atoms with van der Waals surface area (Å²) in [5, 5.41) is 5.50. The van der Waals surface area contributed by atoms with Crippen molar-refractivity contribution in [3.63, 3.8) is 0 Å². The van der Waals surface area contributed by atoms with Crippen molar-refractivity contribution in [2.45, 2.75) is 39.0 Å². The van der Waals surface area contributed by atoms with Crippen LogP contribution in [0.25, 0.3) is 10.9 Å². The van der Waals surface area contributed by atoms with Crippen molar-refractivity contribution >= 4 is 28.2 Å². The van der Waals surface area contributed by atoms with Gasteiger partial charge >= 0.3 is 0 Å². The molecular weight excluding hydrogens is 256 g/mol. The average molecular weight is 275 g/mol. The molecule has 0 saturated heterocycles. The molecule has 0 aliphatic heterocycles. The third-order valence-electron chi connectivity index (χ3n) is 3.67. The first-order valence-electron chi connectivity index (χ1n) is 7.03. The molecule has 19 heavy (non-hydrogen) atoms. The molecule has 0 amide bonds. The molecule has 100 valence electrons.